The molecule has 40 heavy (non-hydrogen) atoms. The average molecular weight is 554 g/mol. The first kappa shape index (κ1) is 29.8. The lowest BCUT2D eigenvalue weighted by molar-refractivity contribution is -0.149. The molecule has 1 aliphatic rings. The second-order valence-corrected chi connectivity index (χ2v) is 9.44. The van der Waals surface area contributed by atoms with Crippen molar-refractivity contribution >= 4 is 35.6 Å². The van der Waals surface area contributed by atoms with Crippen LogP contribution in [0.25, 0.3) is 11.1 Å². The van der Waals surface area contributed by atoms with Gasteiger partial charge in [-0.2, -0.15) is 0 Å². The fourth-order valence-corrected chi connectivity index (χ4v) is 4.41. The summed E-state index contributed by atoms with van der Waals surface area (Å²) in [7, 11) is 0. The summed E-state index contributed by atoms with van der Waals surface area (Å²) < 4.78 is 5.43. The Morgan fingerprint density at radius 3 is 1.88 bits per heavy atom. The Morgan fingerprint density at radius 2 is 1.32 bits per heavy atom. The molecule has 12 nitrogen and oxygen atoms in total. The van der Waals surface area contributed by atoms with Gasteiger partial charge >= 0.3 is 18.0 Å². The van der Waals surface area contributed by atoms with Gasteiger partial charge in [0, 0.05) is 12.3 Å². The van der Waals surface area contributed by atoms with Crippen LogP contribution in [-0.4, -0.2) is 70.6 Å². The number of benzene rings is 2. The van der Waals surface area contributed by atoms with Gasteiger partial charge in [-0.3, -0.25) is 14.4 Å². The van der Waals surface area contributed by atoms with Crippen LogP contribution in [0.1, 0.15) is 50.2 Å². The lowest BCUT2D eigenvalue weighted by Crippen LogP contribution is -2.54. The van der Waals surface area contributed by atoms with E-state index in [9.17, 15) is 33.9 Å². The van der Waals surface area contributed by atoms with Crippen LogP contribution in [0.5, 0.6) is 0 Å². The topological polar surface area (TPSA) is 188 Å². The van der Waals surface area contributed by atoms with E-state index in [1.54, 1.807) is 0 Å². The fraction of sp³-hybridized carbons (Fsp3) is 0.357. The van der Waals surface area contributed by atoms with E-state index in [2.05, 4.69) is 16.0 Å². The van der Waals surface area contributed by atoms with Gasteiger partial charge < -0.3 is 30.9 Å². The molecule has 5 N–H and O–H groups in total. The molecule has 0 saturated heterocycles. The Balaban J connectivity index is 1.47. The third-order valence-corrected chi connectivity index (χ3v) is 6.57. The summed E-state index contributed by atoms with van der Waals surface area (Å²) >= 11 is 0. The summed E-state index contributed by atoms with van der Waals surface area (Å²) in [5.41, 5.74) is 4.22. The Bertz CT molecular complexity index is 1260. The molecule has 0 aromatic heterocycles. The number of ketones is 1. The lowest BCUT2D eigenvalue weighted by atomic mass is 9.98. The van der Waals surface area contributed by atoms with Gasteiger partial charge in [0.15, 0.2) is 0 Å². The van der Waals surface area contributed by atoms with E-state index in [1.165, 1.54) is 13.8 Å². The smallest absolute Gasteiger partial charge is 0.407 e. The molecule has 0 saturated carbocycles. The number of carbonyl (C=O) groups is 6. The third kappa shape index (κ3) is 7.43. The molecular weight excluding hydrogens is 522 g/mol. The van der Waals surface area contributed by atoms with E-state index in [1.807, 2.05) is 48.5 Å². The van der Waals surface area contributed by atoms with Gasteiger partial charge in [0.1, 0.15) is 24.7 Å². The molecule has 0 bridgehead atoms. The maximum atomic E-state index is 12.5. The van der Waals surface area contributed by atoms with Gasteiger partial charge in [-0.05, 0) is 48.9 Å². The van der Waals surface area contributed by atoms with Crippen molar-refractivity contribution in [2.75, 3.05) is 6.61 Å². The van der Waals surface area contributed by atoms with Crippen LogP contribution in [0.4, 0.5) is 4.79 Å². The Kier molecular flexibility index (Phi) is 9.96. The molecule has 0 unspecified atom stereocenters. The molecule has 2 aromatic rings. The number of aliphatic carboxylic acids is 2. The molecule has 1 aliphatic carbocycles. The van der Waals surface area contributed by atoms with E-state index >= 15 is 0 Å². The van der Waals surface area contributed by atoms with Gasteiger partial charge in [0.25, 0.3) is 0 Å². The van der Waals surface area contributed by atoms with Crippen LogP contribution in [0.3, 0.4) is 0 Å². The highest BCUT2D eigenvalue weighted by Gasteiger charge is 2.30. The highest BCUT2D eigenvalue weighted by Crippen LogP contribution is 2.44. The van der Waals surface area contributed by atoms with Crippen LogP contribution in [-0.2, 0) is 28.7 Å². The van der Waals surface area contributed by atoms with E-state index in [-0.39, 0.29) is 31.8 Å². The van der Waals surface area contributed by atoms with Gasteiger partial charge in [-0.25, -0.2) is 14.4 Å². The normalized spacial score (nSPS) is 14.1. The van der Waals surface area contributed by atoms with Crippen molar-refractivity contribution in [3.8, 4) is 11.1 Å². The number of fused-ring (bicyclic) bond motifs is 3. The summed E-state index contributed by atoms with van der Waals surface area (Å²) in [6.45, 7) is 2.79. The van der Waals surface area contributed by atoms with Crippen molar-refractivity contribution in [1.29, 1.82) is 0 Å². The second-order valence-electron chi connectivity index (χ2n) is 9.44. The van der Waals surface area contributed by atoms with Crippen molar-refractivity contribution in [1.82, 2.24) is 16.0 Å². The van der Waals surface area contributed by atoms with Crippen LogP contribution < -0.4 is 16.0 Å². The van der Waals surface area contributed by atoms with E-state index < -0.39 is 53.8 Å². The van der Waals surface area contributed by atoms with E-state index in [4.69, 9.17) is 9.84 Å². The second kappa shape index (κ2) is 13.4. The zero-order chi connectivity index (χ0) is 29.4. The first-order valence-corrected chi connectivity index (χ1v) is 12.7. The molecule has 0 fully saturated rings. The Hall–Kier alpha value is -4.74. The number of alkyl carbamates (subject to hydrolysis) is 1. The van der Waals surface area contributed by atoms with Gasteiger partial charge in [-0.15, -0.1) is 0 Å². The highest BCUT2D eigenvalue weighted by atomic mass is 16.5. The van der Waals surface area contributed by atoms with Gasteiger partial charge in [0.2, 0.25) is 17.6 Å². The molecule has 212 valence electrons. The number of nitrogens with one attached hydrogen (secondary N) is 3. The maximum absolute atomic E-state index is 12.5. The van der Waals surface area contributed by atoms with Crippen LogP contribution in [0.2, 0.25) is 0 Å². The largest absolute Gasteiger partial charge is 0.480 e. The molecular formula is C28H31N3O9. The van der Waals surface area contributed by atoms with Crippen LogP contribution in [0.15, 0.2) is 48.5 Å². The minimum absolute atomic E-state index is 0.0572. The Labute approximate surface area is 230 Å². The van der Waals surface area contributed by atoms with Crippen molar-refractivity contribution in [2.45, 2.75) is 57.2 Å². The van der Waals surface area contributed by atoms with Crippen molar-refractivity contribution < 1.29 is 43.7 Å². The standard InChI is InChI=1S/C28H31N3O9/c1-15(25(34)31-22(26(35)36)12-7-13-23(32)27(37)38)29-24(33)16(2)30-28(39)40-14-21-19-10-5-3-8-17(19)18-9-4-6-11-20(18)21/h3-6,8-11,15-16,21-22H,7,12-14H2,1-2H3,(H,29,33)(H,30,39)(H,31,34)(H,35,36)(H,37,38)/t15-,16-,22-/m0/s1. The van der Waals surface area contributed by atoms with Gasteiger partial charge in [0.05, 0.1) is 0 Å². The number of carboxylic acid groups (broad SMARTS) is 2. The minimum Gasteiger partial charge on any atom is -0.480 e. The maximum Gasteiger partial charge on any atom is 0.407 e. The average Bonchev–Trinajstić information content (AvgIpc) is 3.24. The molecule has 3 atom stereocenters. The quantitative estimate of drug-likeness (QED) is 0.230. The summed E-state index contributed by atoms with van der Waals surface area (Å²) in [4.78, 5) is 70.6. The summed E-state index contributed by atoms with van der Waals surface area (Å²) in [6.07, 6.45) is -1.44. The Morgan fingerprint density at radius 1 is 0.800 bits per heavy atom. The molecule has 0 spiro atoms. The zero-order valence-electron chi connectivity index (χ0n) is 22.0. The molecule has 3 rings (SSSR count). The summed E-state index contributed by atoms with van der Waals surface area (Å²) in [6, 6.07) is 12.1. The SMILES string of the molecule is C[C@H](NC(=O)OCC1c2ccccc2-c2ccccc21)C(=O)N[C@@H](C)C(=O)N[C@@H](CCCC(=O)C(=O)O)C(=O)O. The molecule has 2 aromatic carbocycles. The number of amides is 3. The van der Waals surface area contributed by atoms with Crippen LogP contribution in [0, 0.1) is 0 Å². The van der Waals surface area contributed by atoms with E-state index in [0.717, 1.165) is 22.3 Å². The lowest BCUT2D eigenvalue weighted by Gasteiger charge is -2.21. The minimum atomic E-state index is -1.62. The first-order chi connectivity index (χ1) is 19.0. The number of hydrogen-bond donors (Lipinski definition) is 5. The summed E-state index contributed by atoms with van der Waals surface area (Å²) in [5.74, 6) is -5.72. The molecule has 0 radical (unpaired) electrons. The molecule has 0 heterocycles. The molecule has 0 aliphatic heterocycles. The molecule has 12 heteroatoms. The fourth-order valence-electron chi connectivity index (χ4n) is 4.41. The summed E-state index contributed by atoms with van der Waals surface area (Å²) in [5, 5.41) is 25.0. The number of carboxylic acids is 2. The first-order valence-electron chi connectivity index (χ1n) is 12.7. The predicted molar refractivity (Wildman–Crippen MR) is 141 cm³/mol. The monoisotopic (exact) mass is 553 g/mol. The number of hydrogen-bond acceptors (Lipinski definition) is 7. The highest BCUT2D eigenvalue weighted by molar-refractivity contribution is 6.32. The zero-order valence-corrected chi connectivity index (χ0v) is 22.0. The number of carbonyl (C=O) groups excluding carboxylic acids is 4. The van der Waals surface area contributed by atoms with Gasteiger partial charge in [-0.1, -0.05) is 48.5 Å². The number of rotatable bonds is 13. The van der Waals surface area contributed by atoms with Crippen LogP contribution >= 0.6 is 0 Å². The third-order valence-electron chi connectivity index (χ3n) is 6.57. The number of Topliss-reactive ketones (excluding diaryl/α,β-unsaturated/α-hetero) is 1. The molecule has 3 amide bonds. The predicted octanol–water partition coefficient (Wildman–Crippen LogP) is 1.81. The van der Waals surface area contributed by atoms with Crippen molar-refractivity contribution in [3.05, 3.63) is 59.7 Å². The van der Waals surface area contributed by atoms with Crippen molar-refractivity contribution in [2.24, 2.45) is 0 Å². The van der Waals surface area contributed by atoms with E-state index in [0.29, 0.717) is 0 Å². The number of ether oxygens (including phenoxy) is 1. The van der Waals surface area contributed by atoms with Crippen molar-refractivity contribution in [3.63, 3.8) is 0 Å².